The zero-order valence-electron chi connectivity index (χ0n) is 25.7. The first kappa shape index (κ1) is 33.1. The third-order valence-corrected chi connectivity index (χ3v) is 8.21. The summed E-state index contributed by atoms with van der Waals surface area (Å²) in [5.74, 6) is 0.637. The van der Waals surface area contributed by atoms with Gasteiger partial charge in [-0.15, -0.1) is 5.11 Å². The number of azo groups is 1. The molecule has 0 aliphatic carbocycles. The van der Waals surface area contributed by atoms with Crippen LogP contribution in [0.15, 0.2) is 131 Å². The molecular weight excluding hydrogens is 614 g/mol. The first-order valence-corrected chi connectivity index (χ1v) is 16.7. The molecule has 2 heterocycles. The van der Waals surface area contributed by atoms with Gasteiger partial charge in [-0.2, -0.15) is 13.5 Å². The van der Waals surface area contributed by atoms with Crippen LogP contribution in [0.2, 0.25) is 0 Å². The highest BCUT2D eigenvalue weighted by Crippen LogP contribution is 2.29. The van der Waals surface area contributed by atoms with Gasteiger partial charge in [0.25, 0.3) is 16.0 Å². The average molecular weight is 650 g/mol. The second kappa shape index (κ2) is 16.3. The van der Waals surface area contributed by atoms with Gasteiger partial charge in [0, 0.05) is 24.4 Å². The molecule has 0 aliphatic heterocycles. The molecule has 11 heteroatoms. The van der Waals surface area contributed by atoms with Gasteiger partial charge in [-0.3, -0.25) is 9.35 Å². The number of benzene rings is 3. The van der Waals surface area contributed by atoms with Crippen molar-refractivity contribution in [3.05, 3.63) is 127 Å². The molecule has 2 aromatic heterocycles. The van der Waals surface area contributed by atoms with Crippen molar-refractivity contribution in [1.29, 1.82) is 0 Å². The number of hydrogen-bond donors (Lipinski definition) is 2. The van der Waals surface area contributed by atoms with E-state index in [9.17, 15) is 17.8 Å². The Morgan fingerprint density at radius 2 is 1.49 bits per heavy atom. The van der Waals surface area contributed by atoms with Crippen molar-refractivity contribution in [2.45, 2.75) is 37.1 Å². The minimum atomic E-state index is -4.36. The summed E-state index contributed by atoms with van der Waals surface area (Å²) in [6.07, 6.45) is 5.01. The summed E-state index contributed by atoms with van der Waals surface area (Å²) in [5, 5.41) is 10.9. The highest BCUT2D eigenvalue weighted by molar-refractivity contribution is 7.85. The van der Waals surface area contributed by atoms with Crippen molar-refractivity contribution in [2.24, 2.45) is 10.2 Å². The highest BCUT2D eigenvalue weighted by atomic mass is 32.2. The molecule has 3 aromatic carbocycles. The molecule has 240 valence electrons. The summed E-state index contributed by atoms with van der Waals surface area (Å²) >= 11 is 0. The van der Waals surface area contributed by atoms with Crippen LogP contribution in [0.3, 0.4) is 0 Å². The second-order valence-corrected chi connectivity index (χ2v) is 12.1. The average Bonchev–Trinajstić information content (AvgIpc) is 3.10. The Morgan fingerprint density at radius 3 is 2.21 bits per heavy atom. The monoisotopic (exact) mass is 649 g/mol. The van der Waals surface area contributed by atoms with E-state index in [4.69, 9.17) is 9.72 Å². The number of carbonyl (C=O) groups is 1. The van der Waals surface area contributed by atoms with Crippen LogP contribution in [0, 0.1) is 0 Å². The fraction of sp³-hybridized carbons (Fsp3) is 0.194. The van der Waals surface area contributed by atoms with Crippen molar-refractivity contribution >= 4 is 21.8 Å². The van der Waals surface area contributed by atoms with Crippen molar-refractivity contribution in [1.82, 2.24) is 15.3 Å². The Kier molecular flexibility index (Phi) is 11.5. The summed E-state index contributed by atoms with van der Waals surface area (Å²) in [6.45, 7) is 1.03. The van der Waals surface area contributed by atoms with E-state index in [0.29, 0.717) is 30.2 Å². The minimum Gasteiger partial charge on any atom is -0.478 e. The molecule has 0 unspecified atom stereocenters. The van der Waals surface area contributed by atoms with E-state index in [0.717, 1.165) is 48.1 Å². The number of carbonyl (C=O) groups excluding carboxylic acids is 1. The number of aromatic nitrogens is 2. The van der Waals surface area contributed by atoms with E-state index >= 15 is 0 Å². The molecule has 5 rings (SSSR count). The number of amides is 1. The Morgan fingerprint density at radius 1 is 0.787 bits per heavy atom. The standard InChI is InChI=1S/C36H35N5O5S/c42-36(30-19-20-34(38-25-30)41-39-26-29-17-9-10-18-33(29)47(43,44)45)37-21-11-1-2-12-22-46-35-24-31(27-13-5-3-6-14-27)23-32(40-35)28-15-7-4-8-16-28/h3-10,13-20,23-25H,1-2,11-12,21-22,26H2,(H,37,42)(H,43,44,45). The molecule has 2 N–H and O–H groups in total. The Balaban J connectivity index is 1.02. The molecule has 0 spiro atoms. The van der Waals surface area contributed by atoms with E-state index in [1.165, 1.54) is 18.3 Å². The molecular formula is C36H35N5O5S. The summed E-state index contributed by atoms with van der Waals surface area (Å²) in [4.78, 5) is 21.2. The highest BCUT2D eigenvalue weighted by Gasteiger charge is 2.14. The van der Waals surface area contributed by atoms with Crippen molar-refractivity contribution in [2.75, 3.05) is 13.2 Å². The van der Waals surface area contributed by atoms with Crippen LogP contribution >= 0.6 is 0 Å². The van der Waals surface area contributed by atoms with Crippen molar-refractivity contribution < 1.29 is 22.5 Å². The Hall–Kier alpha value is -5.26. The lowest BCUT2D eigenvalue weighted by Gasteiger charge is -2.11. The molecule has 0 bridgehead atoms. The smallest absolute Gasteiger partial charge is 0.294 e. The number of pyridine rings is 2. The van der Waals surface area contributed by atoms with Gasteiger partial charge in [-0.05, 0) is 53.8 Å². The molecule has 0 saturated heterocycles. The van der Waals surface area contributed by atoms with Crippen LogP contribution in [0.1, 0.15) is 41.6 Å². The maximum Gasteiger partial charge on any atom is 0.294 e. The topological polar surface area (TPSA) is 143 Å². The maximum atomic E-state index is 12.5. The second-order valence-electron chi connectivity index (χ2n) is 10.7. The van der Waals surface area contributed by atoms with E-state index in [1.807, 2.05) is 54.6 Å². The first-order valence-electron chi connectivity index (χ1n) is 15.3. The van der Waals surface area contributed by atoms with Gasteiger partial charge in [-0.25, -0.2) is 9.97 Å². The lowest BCUT2D eigenvalue weighted by molar-refractivity contribution is 0.0952. The van der Waals surface area contributed by atoms with Crippen LogP contribution in [-0.2, 0) is 16.7 Å². The number of nitrogens with one attached hydrogen (secondary N) is 1. The zero-order valence-corrected chi connectivity index (χ0v) is 26.5. The number of hydrogen-bond acceptors (Lipinski definition) is 8. The van der Waals surface area contributed by atoms with Gasteiger partial charge in [0.15, 0.2) is 5.82 Å². The van der Waals surface area contributed by atoms with E-state index < -0.39 is 10.1 Å². The van der Waals surface area contributed by atoms with Gasteiger partial charge in [0.2, 0.25) is 5.88 Å². The van der Waals surface area contributed by atoms with E-state index in [2.05, 4.69) is 38.7 Å². The third-order valence-electron chi connectivity index (χ3n) is 7.26. The number of rotatable bonds is 15. The van der Waals surface area contributed by atoms with Crippen molar-refractivity contribution in [3.8, 4) is 28.3 Å². The van der Waals surface area contributed by atoms with Gasteiger partial charge in [0.1, 0.15) is 0 Å². The van der Waals surface area contributed by atoms with Crippen LogP contribution < -0.4 is 10.1 Å². The predicted octanol–water partition coefficient (Wildman–Crippen LogP) is 7.71. The first-order chi connectivity index (χ1) is 22.9. The molecule has 47 heavy (non-hydrogen) atoms. The van der Waals surface area contributed by atoms with E-state index in [-0.39, 0.29) is 23.2 Å². The Labute approximate surface area is 274 Å². The van der Waals surface area contributed by atoms with Crippen LogP contribution in [-0.4, -0.2) is 42.0 Å². The Bertz CT molecular complexity index is 1840. The molecule has 10 nitrogen and oxygen atoms in total. The van der Waals surface area contributed by atoms with Gasteiger partial charge in [0.05, 0.1) is 29.3 Å². The fourth-order valence-corrected chi connectivity index (χ4v) is 5.56. The number of nitrogens with zero attached hydrogens (tertiary/aromatic N) is 4. The maximum absolute atomic E-state index is 12.5. The van der Waals surface area contributed by atoms with E-state index in [1.54, 1.807) is 24.3 Å². The van der Waals surface area contributed by atoms with Gasteiger partial charge in [-0.1, -0.05) is 91.7 Å². The van der Waals surface area contributed by atoms with Crippen LogP contribution in [0.5, 0.6) is 5.88 Å². The molecule has 0 atom stereocenters. The molecule has 0 saturated carbocycles. The van der Waals surface area contributed by atoms with Crippen LogP contribution in [0.4, 0.5) is 5.82 Å². The number of unbranched alkanes of at least 4 members (excludes halogenated alkanes) is 3. The van der Waals surface area contributed by atoms with Gasteiger partial charge < -0.3 is 10.1 Å². The molecule has 1 amide bonds. The van der Waals surface area contributed by atoms with Gasteiger partial charge >= 0.3 is 0 Å². The molecule has 5 aromatic rings. The third kappa shape index (κ3) is 9.86. The van der Waals surface area contributed by atoms with Crippen molar-refractivity contribution in [3.63, 3.8) is 0 Å². The predicted molar refractivity (Wildman–Crippen MR) is 180 cm³/mol. The quantitative estimate of drug-likeness (QED) is 0.0672. The summed E-state index contributed by atoms with van der Waals surface area (Å²) in [5.41, 5.74) is 4.77. The zero-order chi connectivity index (χ0) is 32.9. The van der Waals surface area contributed by atoms with Crippen LogP contribution in [0.25, 0.3) is 22.4 Å². The fourth-order valence-electron chi connectivity index (χ4n) is 4.84. The lowest BCUT2D eigenvalue weighted by atomic mass is 10.0. The summed E-state index contributed by atoms with van der Waals surface area (Å²) < 4.78 is 38.4. The molecule has 0 aliphatic rings. The number of ether oxygens (including phenoxy) is 1. The summed E-state index contributed by atoms with van der Waals surface area (Å²) in [6, 6.07) is 33.5. The lowest BCUT2D eigenvalue weighted by Crippen LogP contribution is -2.24. The largest absolute Gasteiger partial charge is 0.478 e. The minimum absolute atomic E-state index is 0.0560. The normalized spacial score (nSPS) is 11.4. The summed E-state index contributed by atoms with van der Waals surface area (Å²) in [7, 11) is -4.36. The SMILES string of the molecule is O=C(NCCCCCCOc1cc(-c2ccccc2)cc(-c2ccccc2)n1)c1ccc(N=NCc2ccccc2S(=O)(=O)O)nc1. The molecule has 0 fully saturated rings. The molecule has 0 radical (unpaired) electrons.